The zero-order valence-electron chi connectivity index (χ0n) is 15.8. The van der Waals surface area contributed by atoms with Crippen LogP contribution in [-0.4, -0.2) is 31.1 Å². The molecule has 3 aromatic rings. The van der Waals surface area contributed by atoms with Gasteiger partial charge in [0.2, 0.25) is 5.13 Å². The Morgan fingerprint density at radius 1 is 1.14 bits per heavy atom. The topological polar surface area (TPSA) is 92.3 Å². The first-order valence-electron chi connectivity index (χ1n) is 9.31. The van der Waals surface area contributed by atoms with Crippen LogP contribution < -0.4 is 9.62 Å². The van der Waals surface area contributed by atoms with Crippen molar-refractivity contribution in [1.82, 2.24) is 10.2 Å². The van der Waals surface area contributed by atoms with Crippen LogP contribution in [0.4, 0.5) is 10.8 Å². The summed E-state index contributed by atoms with van der Waals surface area (Å²) in [5.41, 5.74) is 0.824. The van der Waals surface area contributed by atoms with Gasteiger partial charge in [-0.15, -0.1) is 10.2 Å². The van der Waals surface area contributed by atoms with Gasteiger partial charge in [0, 0.05) is 18.0 Å². The Balaban J connectivity index is 1.57. The monoisotopic (exact) mass is 428 g/mol. The normalized spacial score (nSPS) is 13.8. The van der Waals surface area contributed by atoms with Crippen molar-refractivity contribution in [2.45, 2.75) is 30.6 Å². The number of hydrogen-bond donors (Lipinski definition) is 1. The van der Waals surface area contributed by atoms with Gasteiger partial charge in [0.1, 0.15) is 5.01 Å². The van der Waals surface area contributed by atoms with Gasteiger partial charge in [0.05, 0.1) is 10.6 Å². The first kappa shape index (κ1) is 19.5. The fourth-order valence-electron chi connectivity index (χ4n) is 2.96. The number of carbonyl (C=O) groups is 1. The molecule has 1 aliphatic carbocycles. The molecule has 7 nitrogen and oxygen atoms in total. The van der Waals surface area contributed by atoms with Gasteiger partial charge in [-0.25, -0.2) is 8.42 Å². The summed E-state index contributed by atoms with van der Waals surface area (Å²) < 4.78 is 27.6. The number of carbonyl (C=O) groups excluding carboxylic acids is 1. The second kappa shape index (κ2) is 7.92. The molecule has 1 fully saturated rings. The lowest BCUT2D eigenvalue weighted by Gasteiger charge is -2.23. The summed E-state index contributed by atoms with van der Waals surface area (Å²) in [5.74, 6) is 0.0490. The highest BCUT2D eigenvalue weighted by atomic mass is 32.2. The van der Waals surface area contributed by atoms with Gasteiger partial charge in [-0.3, -0.25) is 14.4 Å². The van der Waals surface area contributed by atoms with Crippen LogP contribution in [0.25, 0.3) is 0 Å². The average molecular weight is 429 g/mol. The van der Waals surface area contributed by atoms with Gasteiger partial charge in [-0.1, -0.05) is 35.6 Å². The minimum Gasteiger partial charge on any atom is -0.296 e. The molecule has 2 aromatic carbocycles. The quantitative estimate of drug-likeness (QED) is 0.616. The maximum atomic E-state index is 13.2. The third-order valence-corrected chi connectivity index (χ3v) is 7.50. The molecule has 0 unspecified atom stereocenters. The van der Waals surface area contributed by atoms with E-state index in [0.717, 1.165) is 17.8 Å². The molecule has 0 radical (unpaired) electrons. The number of hydrogen-bond acceptors (Lipinski definition) is 6. The van der Waals surface area contributed by atoms with Gasteiger partial charge in [-0.05, 0) is 50.1 Å². The predicted octanol–water partition coefficient (Wildman–Crippen LogP) is 3.88. The van der Waals surface area contributed by atoms with Crippen molar-refractivity contribution >= 4 is 38.1 Å². The Bertz CT molecular complexity index is 1130. The summed E-state index contributed by atoms with van der Waals surface area (Å²) in [4.78, 5) is 12.7. The van der Waals surface area contributed by atoms with Crippen LogP contribution in [0.2, 0.25) is 0 Å². The van der Waals surface area contributed by atoms with Crippen molar-refractivity contribution in [2.24, 2.45) is 0 Å². The molecule has 1 amide bonds. The van der Waals surface area contributed by atoms with E-state index in [4.69, 9.17) is 0 Å². The maximum Gasteiger partial charge on any atom is 0.264 e. The van der Waals surface area contributed by atoms with Crippen molar-refractivity contribution in [3.8, 4) is 0 Å². The van der Waals surface area contributed by atoms with E-state index in [1.165, 1.54) is 27.8 Å². The van der Waals surface area contributed by atoms with Crippen molar-refractivity contribution in [3.63, 3.8) is 0 Å². The number of nitrogens with one attached hydrogen (secondary N) is 1. The Hall–Kier alpha value is -2.78. The van der Waals surface area contributed by atoms with E-state index in [-0.39, 0.29) is 17.0 Å². The van der Waals surface area contributed by atoms with Crippen LogP contribution in [0.5, 0.6) is 0 Å². The first-order chi connectivity index (χ1) is 14.0. The Kier molecular flexibility index (Phi) is 5.33. The predicted molar refractivity (Wildman–Crippen MR) is 113 cm³/mol. The minimum absolute atomic E-state index is 0.0618. The van der Waals surface area contributed by atoms with Gasteiger partial charge in [0.15, 0.2) is 0 Å². The minimum atomic E-state index is -3.80. The molecule has 0 aliphatic heterocycles. The molecule has 1 heterocycles. The van der Waals surface area contributed by atoms with E-state index >= 15 is 0 Å². The van der Waals surface area contributed by atoms with E-state index in [1.807, 2.05) is 6.07 Å². The highest BCUT2D eigenvalue weighted by Gasteiger charge is 2.28. The average Bonchev–Trinajstić information content (AvgIpc) is 3.48. The third-order valence-electron chi connectivity index (χ3n) is 4.60. The zero-order chi connectivity index (χ0) is 20.4. The van der Waals surface area contributed by atoms with Crippen LogP contribution in [0.1, 0.15) is 41.0 Å². The number of aromatic nitrogens is 2. The van der Waals surface area contributed by atoms with E-state index < -0.39 is 15.9 Å². The number of anilines is 2. The molecule has 0 atom stereocenters. The van der Waals surface area contributed by atoms with E-state index in [9.17, 15) is 13.2 Å². The number of rotatable bonds is 7. The fraction of sp³-hybridized carbons (Fsp3) is 0.250. The molecule has 1 aliphatic rings. The molecule has 0 spiro atoms. The summed E-state index contributed by atoms with van der Waals surface area (Å²) in [5, 5.41) is 12.2. The summed E-state index contributed by atoms with van der Waals surface area (Å²) >= 11 is 1.36. The molecular weight excluding hydrogens is 408 g/mol. The van der Waals surface area contributed by atoms with Crippen molar-refractivity contribution in [3.05, 3.63) is 65.2 Å². The summed E-state index contributed by atoms with van der Waals surface area (Å²) in [6.07, 6.45) is 2.22. The fourth-order valence-corrected chi connectivity index (χ4v) is 5.39. The first-order valence-corrected chi connectivity index (χ1v) is 11.6. The molecular formula is C20H20N4O3S2. The zero-order valence-corrected chi connectivity index (χ0v) is 17.4. The van der Waals surface area contributed by atoms with Crippen molar-refractivity contribution in [1.29, 1.82) is 0 Å². The van der Waals surface area contributed by atoms with Crippen molar-refractivity contribution in [2.75, 3.05) is 16.2 Å². The lowest BCUT2D eigenvalue weighted by molar-refractivity contribution is 0.102. The van der Waals surface area contributed by atoms with Gasteiger partial charge >= 0.3 is 0 Å². The largest absolute Gasteiger partial charge is 0.296 e. The molecule has 4 rings (SSSR count). The van der Waals surface area contributed by atoms with Gasteiger partial charge < -0.3 is 0 Å². The second-order valence-corrected chi connectivity index (χ2v) is 9.58. The highest BCUT2D eigenvalue weighted by molar-refractivity contribution is 7.92. The van der Waals surface area contributed by atoms with Crippen LogP contribution in [0, 0.1) is 0 Å². The Labute approximate surface area is 173 Å². The Morgan fingerprint density at radius 2 is 1.90 bits per heavy atom. The molecule has 0 bridgehead atoms. The van der Waals surface area contributed by atoms with Gasteiger partial charge in [-0.2, -0.15) is 0 Å². The second-order valence-electron chi connectivity index (χ2n) is 6.71. The summed E-state index contributed by atoms with van der Waals surface area (Å²) in [7, 11) is -3.80. The molecule has 29 heavy (non-hydrogen) atoms. The third kappa shape index (κ3) is 4.15. The van der Waals surface area contributed by atoms with E-state index in [0.29, 0.717) is 16.7 Å². The van der Waals surface area contributed by atoms with Crippen LogP contribution in [-0.2, 0) is 10.0 Å². The van der Waals surface area contributed by atoms with Crippen molar-refractivity contribution < 1.29 is 13.2 Å². The van der Waals surface area contributed by atoms with E-state index in [2.05, 4.69) is 15.5 Å². The van der Waals surface area contributed by atoms with E-state index in [1.54, 1.807) is 43.3 Å². The smallest absolute Gasteiger partial charge is 0.264 e. The summed E-state index contributed by atoms with van der Waals surface area (Å²) in [6.45, 7) is 2.05. The molecule has 1 saturated carbocycles. The van der Waals surface area contributed by atoms with Crippen LogP contribution in [0.3, 0.4) is 0 Å². The SMILES string of the molecule is CCN(c1ccccc1)S(=O)(=O)c1cccc(C(=O)Nc2nnc(C3CC3)s2)c1. The van der Waals surface area contributed by atoms with Crippen LogP contribution in [0.15, 0.2) is 59.5 Å². The number of nitrogens with zero attached hydrogens (tertiary/aromatic N) is 3. The van der Waals surface area contributed by atoms with Gasteiger partial charge in [0.25, 0.3) is 15.9 Å². The number of para-hydroxylation sites is 1. The molecule has 0 saturated heterocycles. The molecule has 150 valence electrons. The molecule has 9 heteroatoms. The maximum absolute atomic E-state index is 13.2. The lowest BCUT2D eigenvalue weighted by Crippen LogP contribution is -2.30. The van der Waals surface area contributed by atoms with Crippen LogP contribution >= 0.6 is 11.3 Å². The molecule has 1 N–H and O–H groups in total. The Morgan fingerprint density at radius 3 is 2.59 bits per heavy atom. The summed E-state index contributed by atoms with van der Waals surface area (Å²) in [6, 6.07) is 14.9. The number of sulfonamides is 1. The number of benzene rings is 2. The lowest BCUT2D eigenvalue weighted by atomic mass is 10.2. The molecule has 1 aromatic heterocycles. The highest BCUT2D eigenvalue weighted by Crippen LogP contribution is 2.42. The standard InChI is InChI=1S/C20H20N4O3S2/c1-2-24(16-8-4-3-5-9-16)29(26,27)17-10-6-7-15(13-17)18(25)21-20-23-22-19(28-20)14-11-12-14/h3-10,13-14H,2,11-12H2,1H3,(H,21,23,25). The number of amides is 1.